The minimum absolute atomic E-state index is 0.187. The highest BCUT2D eigenvalue weighted by molar-refractivity contribution is 6.39. The van der Waals surface area contributed by atoms with E-state index in [0.717, 1.165) is 30.6 Å². The van der Waals surface area contributed by atoms with Gasteiger partial charge < -0.3 is 9.47 Å². The summed E-state index contributed by atoms with van der Waals surface area (Å²) < 4.78 is 10.5. The molecular formula is C25H25ClN2O6. The van der Waals surface area contributed by atoms with Crippen molar-refractivity contribution in [3.05, 3.63) is 64.2 Å². The lowest BCUT2D eigenvalue weighted by molar-refractivity contribution is -0.122. The summed E-state index contributed by atoms with van der Waals surface area (Å²) in [5.74, 6) is -1.72. The van der Waals surface area contributed by atoms with E-state index < -0.39 is 23.8 Å². The highest BCUT2D eigenvalue weighted by Gasteiger charge is 2.37. The van der Waals surface area contributed by atoms with Crippen molar-refractivity contribution in [1.29, 1.82) is 0 Å². The standard InChI is InChI=1S/C25H25ClN2O6/c1-3-4-5-6-13-34-21-12-9-18(26)14-17(21)15-20-22(29)27-25(32)28(23(20)30)19-10-7-16(8-11-19)24(31)33-2/h7-12,14-15H,3-6,13H2,1-2H3,(H,27,29,32)/b20-15-. The van der Waals surface area contributed by atoms with Gasteiger partial charge in [0.05, 0.1) is 25.0 Å². The van der Waals surface area contributed by atoms with Crippen LogP contribution in [-0.2, 0) is 14.3 Å². The minimum atomic E-state index is -0.892. The van der Waals surface area contributed by atoms with E-state index in [-0.39, 0.29) is 16.8 Å². The Hall–Kier alpha value is -3.65. The summed E-state index contributed by atoms with van der Waals surface area (Å²) in [5, 5.41) is 2.57. The minimum Gasteiger partial charge on any atom is -0.493 e. The first-order valence-electron chi connectivity index (χ1n) is 10.9. The molecule has 34 heavy (non-hydrogen) atoms. The van der Waals surface area contributed by atoms with E-state index in [2.05, 4.69) is 17.0 Å². The Morgan fingerprint density at radius 2 is 1.79 bits per heavy atom. The molecule has 0 radical (unpaired) electrons. The molecular weight excluding hydrogens is 460 g/mol. The van der Waals surface area contributed by atoms with E-state index in [9.17, 15) is 19.2 Å². The molecule has 1 aliphatic heterocycles. The number of amides is 4. The number of hydrogen-bond donors (Lipinski definition) is 1. The number of carbonyl (C=O) groups excluding carboxylic acids is 4. The molecule has 0 saturated carbocycles. The molecule has 1 fully saturated rings. The predicted molar refractivity (Wildman–Crippen MR) is 128 cm³/mol. The van der Waals surface area contributed by atoms with Crippen LogP contribution >= 0.6 is 11.6 Å². The number of nitrogens with zero attached hydrogens (tertiary/aromatic N) is 1. The number of rotatable bonds is 9. The number of halogens is 1. The van der Waals surface area contributed by atoms with Crippen LogP contribution < -0.4 is 15.0 Å². The molecule has 1 saturated heterocycles. The van der Waals surface area contributed by atoms with E-state index in [4.69, 9.17) is 16.3 Å². The van der Waals surface area contributed by atoms with Gasteiger partial charge in [0.25, 0.3) is 11.8 Å². The number of esters is 1. The van der Waals surface area contributed by atoms with Gasteiger partial charge in [-0.3, -0.25) is 14.9 Å². The number of urea groups is 1. The molecule has 2 aromatic carbocycles. The Labute approximate surface area is 202 Å². The Bertz CT molecular complexity index is 1130. The van der Waals surface area contributed by atoms with E-state index in [1.165, 1.54) is 37.5 Å². The van der Waals surface area contributed by atoms with E-state index >= 15 is 0 Å². The normalized spacial score (nSPS) is 14.9. The van der Waals surface area contributed by atoms with Crippen molar-refractivity contribution < 1.29 is 28.7 Å². The predicted octanol–water partition coefficient (Wildman–Crippen LogP) is 4.75. The maximum atomic E-state index is 13.2. The van der Waals surface area contributed by atoms with Gasteiger partial charge in [-0.2, -0.15) is 0 Å². The second-order valence-corrected chi connectivity index (χ2v) is 8.02. The Morgan fingerprint density at radius 3 is 2.47 bits per heavy atom. The third-order valence-corrected chi connectivity index (χ3v) is 5.41. The molecule has 1 N–H and O–H groups in total. The maximum Gasteiger partial charge on any atom is 0.337 e. The number of carbonyl (C=O) groups is 4. The van der Waals surface area contributed by atoms with Gasteiger partial charge in [-0.05, 0) is 55.0 Å². The monoisotopic (exact) mass is 484 g/mol. The second-order valence-electron chi connectivity index (χ2n) is 7.59. The van der Waals surface area contributed by atoms with Crippen LogP contribution in [0.25, 0.3) is 6.08 Å². The molecule has 0 atom stereocenters. The lowest BCUT2D eigenvalue weighted by Crippen LogP contribution is -2.54. The first-order chi connectivity index (χ1) is 16.3. The lowest BCUT2D eigenvalue weighted by atomic mass is 10.1. The summed E-state index contributed by atoms with van der Waals surface area (Å²) in [6.45, 7) is 2.60. The van der Waals surface area contributed by atoms with Crippen molar-refractivity contribution in [3.8, 4) is 5.75 Å². The van der Waals surface area contributed by atoms with Crippen molar-refractivity contribution in [2.24, 2.45) is 0 Å². The second kappa shape index (κ2) is 11.5. The SMILES string of the molecule is CCCCCCOc1ccc(Cl)cc1/C=C1/C(=O)NC(=O)N(c2ccc(C(=O)OC)cc2)C1=O. The van der Waals surface area contributed by atoms with Gasteiger partial charge >= 0.3 is 12.0 Å². The van der Waals surface area contributed by atoms with Crippen LogP contribution in [-0.4, -0.2) is 37.5 Å². The van der Waals surface area contributed by atoms with Crippen LogP contribution in [0.4, 0.5) is 10.5 Å². The number of barbiturate groups is 1. The van der Waals surface area contributed by atoms with Gasteiger partial charge in [-0.25, -0.2) is 14.5 Å². The van der Waals surface area contributed by atoms with Gasteiger partial charge in [-0.15, -0.1) is 0 Å². The molecule has 0 aliphatic carbocycles. The van der Waals surface area contributed by atoms with E-state index in [1.807, 2.05) is 0 Å². The fourth-order valence-corrected chi connectivity index (χ4v) is 3.57. The van der Waals surface area contributed by atoms with Gasteiger partial charge in [0.15, 0.2) is 0 Å². The molecule has 9 heteroatoms. The van der Waals surface area contributed by atoms with Crippen LogP contribution in [0.5, 0.6) is 5.75 Å². The highest BCUT2D eigenvalue weighted by atomic mass is 35.5. The first-order valence-corrected chi connectivity index (χ1v) is 11.3. The van der Waals surface area contributed by atoms with Crippen molar-refractivity contribution in [1.82, 2.24) is 5.32 Å². The summed E-state index contributed by atoms with van der Waals surface area (Å²) in [7, 11) is 1.25. The van der Waals surface area contributed by atoms with Crippen molar-refractivity contribution in [2.75, 3.05) is 18.6 Å². The topological polar surface area (TPSA) is 102 Å². The number of benzene rings is 2. The molecule has 4 amide bonds. The number of nitrogens with one attached hydrogen (secondary N) is 1. The smallest absolute Gasteiger partial charge is 0.337 e. The molecule has 0 aromatic heterocycles. The van der Waals surface area contributed by atoms with Crippen molar-refractivity contribution in [2.45, 2.75) is 32.6 Å². The Kier molecular flexibility index (Phi) is 8.43. The van der Waals surface area contributed by atoms with E-state index in [0.29, 0.717) is 22.9 Å². The number of ether oxygens (including phenoxy) is 2. The van der Waals surface area contributed by atoms with Gasteiger partial charge in [0.1, 0.15) is 11.3 Å². The van der Waals surface area contributed by atoms with Gasteiger partial charge in [-0.1, -0.05) is 37.8 Å². The largest absolute Gasteiger partial charge is 0.493 e. The summed E-state index contributed by atoms with van der Waals surface area (Å²) in [4.78, 5) is 50.6. The number of hydrogen-bond acceptors (Lipinski definition) is 6. The molecule has 0 bridgehead atoms. The fourth-order valence-electron chi connectivity index (χ4n) is 3.39. The third kappa shape index (κ3) is 5.82. The van der Waals surface area contributed by atoms with Crippen LogP contribution in [0.1, 0.15) is 48.5 Å². The quantitative estimate of drug-likeness (QED) is 0.238. The first kappa shape index (κ1) is 25.0. The number of imide groups is 2. The molecule has 8 nitrogen and oxygen atoms in total. The summed E-state index contributed by atoms with van der Waals surface area (Å²) in [5.41, 5.74) is 0.626. The van der Waals surface area contributed by atoms with Crippen LogP contribution in [0.15, 0.2) is 48.0 Å². The zero-order chi connectivity index (χ0) is 24.7. The summed E-state index contributed by atoms with van der Waals surface area (Å²) >= 11 is 6.14. The van der Waals surface area contributed by atoms with Gasteiger partial charge in [0.2, 0.25) is 0 Å². The van der Waals surface area contributed by atoms with Crippen LogP contribution in [0.2, 0.25) is 5.02 Å². The van der Waals surface area contributed by atoms with Crippen LogP contribution in [0.3, 0.4) is 0 Å². The summed E-state index contributed by atoms with van der Waals surface area (Å²) in [6, 6.07) is 9.70. The molecule has 1 heterocycles. The van der Waals surface area contributed by atoms with E-state index in [1.54, 1.807) is 18.2 Å². The van der Waals surface area contributed by atoms with Crippen LogP contribution in [0, 0.1) is 0 Å². The third-order valence-electron chi connectivity index (χ3n) is 5.18. The Balaban J connectivity index is 1.89. The highest BCUT2D eigenvalue weighted by Crippen LogP contribution is 2.28. The Morgan fingerprint density at radius 1 is 1.06 bits per heavy atom. The average Bonchev–Trinajstić information content (AvgIpc) is 2.82. The maximum absolute atomic E-state index is 13.2. The molecule has 0 spiro atoms. The number of anilines is 1. The molecule has 3 rings (SSSR count). The fraction of sp³-hybridized carbons (Fsp3) is 0.280. The zero-order valence-electron chi connectivity index (χ0n) is 18.9. The molecule has 2 aromatic rings. The zero-order valence-corrected chi connectivity index (χ0v) is 19.7. The number of methoxy groups -OCH3 is 1. The molecule has 0 unspecified atom stereocenters. The lowest BCUT2D eigenvalue weighted by Gasteiger charge is -2.26. The molecule has 1 aliphatic rings. The average molecular weight is 485 g/mol. The summed E-state index contributed by atoms with van der Waals surface area (Å²) in [6.07, 6.45) is 5.48. The number of unbranched alkanes of at least 4 members (excludes halogenated alkanes) is 3. The van der Waals surface area contributed by atoms with Gasteiger partial charge in [0, 0.05) is 10.6 Å². The van der Waals surface area contributed by atoms with Crippen molar-refractivity contribution >= 4 is 47.2 Å². The van der Waals surface area contributed by atoms with Crippen molar-refractivity contribution in [3.63, 3.8) is 0 Å². The molecule has 178 valence electrons.